The van der Waals surface area contributed by atoms with Gasteiger partial charge in [-0.2, -0.15) is 0 Å². The summed E-state index contributed by atoms with van der Waals surface area (Å²) in [6, 6.07) is 14.9. The first-order valence-corrected chi connectivity index (χ1v) is 7.65. The second-order valence-electron chi connectivity index (χ2n) is 5.77. The van der Waals surface area contributed by atoms with Crippen LogP contribution in [0.25, 0.3) is 10.9 Å². The van der Waals surface area contributed by atoms with Gasteiger partial charge in [0.2, 0.25) is 0 Å². The van der Waals surface area contributed by atoms with Gasteiger partial charge >= 0.3 is 0 Å². The lowest BCUT2D eigenvalue weighted by Gasteiger charge is -2.16. The standard InChI is InChI=1S/C19H20N2O2/c1-12-8-9-16-15(13(12)2)10-17(20-16)19(23)21-18(11-22)14-6-4-3-5-7-14/h3-10,18,20,22H,11H2,1-2H3,(H,21,23). The van der Waals surface area contributed by atoms with Crippen LogP contribution in [0.15, 0.2) is 48.5 Å². The summed E-state index contributed by atoms with van der Waals surface area (Å²) >= 11 is 0. The highest BCUT2D eigenvalue weighted by molar-refractivity contribution is 5.99. The number of aliphatic hydroxyl groups is 1. The minimum atomic E-state index is -0.419. The summed E-state index contributed by atoms with van der Waals surface area (Å²) in [6.07, 6.45) is 0. The highest BCUT2D eigenvalue weighted by Gasteiger charge is 2.17. The fraction of sp³-hybridized carbons (Fsp3) is 0.211. The van der Waals surface area contributed by atoms with Gasteiger partial charge in [-0.3, -0.25) is 4.79 Å². The van der Waals surface area contributed by atoms with E-state index < -0.39 is 6.04 Å². The molecule has 0 radical (unpaired) electrons. The smallest absolute Gasteiger partial charge is 0.268 e. The number of amides is 1. The molecule has 3 N–H and O–H groups in total. The van der Waals surface area contributed by atoms with Gasteiger partial charge in [-0.15, -0.1) is 0 Å². The second-order valence-corrected chi connectivity index (χ2v) is 5.77. The number of aryl methyl sites for hydroxylation is 2. The van der Waals surface area contributed by atoms with Gasteiger partial charge in [0.25, 0.3) is 5.91 Å². The van der Waals surface area contributed by atoms with Crippen molar-refractivity contribution < 1.29 is 9.90 Å². The first-order chi connectivity index (χ1) is 11.1. The predicted octanol–water partition coefficient (Wildman–Crippen LogP) is 3.25. The van der Waals surface area contributed by atoms with Crippen LogP contribution in [0.5, 0.6) is 0 Å². The minimum Gasteiger partial charge on any atom is -0.394 e. The van der Waals surface area contributed by atoms with Gasteiger partial charge in [0.1, 0.15) is 5.69 Å². The topological polar surface area (TPSA) is 65.1 Å². The van der Waals surface area contributed by atoms with E-state index in [1.807, 2.05) is 55.5 Å². The van der Waals surface area contributed by atoms with E-state index in [-0.39, 0.29) is 12.5 Å². The maximum atomic E-state index is 12.5. The summed E-state index contributed by atoms with van der Waals surface area (Å²) in [5, 5.41) is 13.5. The van der Waals surface area contributed by atoms with Gasteiger partial charge < -0.3 is 15.4 Å². The molecule has 4 nitrogen and oxygen atoms in total. The number of rotatable bonds is 4. The zero-order valence-electron chi connectivity index (χ0n) is 13.3. The van der Waals surface area contributed by atoms with Gasteiger partial charge in [0.15, 0.2) is 0 Å². The summed E-state index contributed by atoms with van der Waals surface area (Å²) < 4.78 is 0. The van der Waals surface area contributed by atoms with E-state index in [1.165, 1.54) is 11.1 Å². The van der Waals surface area contributed by atoms with E-state index in [2.05, 4.69) is 17.2 Å². The fourth-order valence-corrected chi connectivity index (χ4v) is 2.74. The molecule has 118 valence electrons. The van der Waals surface area contributed by atoms with E-state index in [9.17, 15) is 9.90 Å². The molecule has 4 heteroatoms. The number of carbonyl (C=O) groups excluding carboxylic acids is 1. The van der Waals surface area contributed by atoms with Gasteiger partial charge in [0.05, 0.1) is 12.6 Å². The number of benzene rings is 2. The quantitative estimate of drug-likeness (QED) is 0.692. The Labute approximate surface area is 135 Å². The van der Waals surface area contributed by atoms with Crippen LogP contribution in [0.3, 0.4) is 0 Å². The molecule has 0 saturated heterocycles. The van der Waals surface area contributed by atoms with E-state index in [0.717, 1.165) is 16.5 Å². The molecule has 3 rings (SSSR count). The first kappa shape index (κ1) is 15.3. The van der Waals surface area contributed by atoms with E-state index in [4.69, 9.17) is 0 Å². The number of hydrogen-bond donors (Lipinski definition) is 3. The summed E-state index contributed by atoms with van der Waals surface area (Å²) in [7, 11) is 0. The Hall–Kier alpha value is -2.59. The molecule has 0 saturated carbocycles. The third-order valence-electron chi connectivity index (χ3n) is 4.28. The molecule has 1 unspecified atom stereocenters. The molecular formula is C19H20N2O2. The molecule has 0 fully saturated rings. The lowest BCUT2D eigenvalue weighted by molar-refractivity contribution is 0.0912. The van der Waals surface area contributed by atoms with Crippen LogP contribution in [-0.4, -0.2) is 22.6 Å². The van der Waals surface area contributed by atoms with Crippen LogP contribution in [0.1, 0.15) is 33.2 Å². The van der Waals surface area contributed by atoms with Crippen molar-refractivity contribution in [2.75, 3.05) is 6.61 Å². The number of aromatic nitrogens is 1. The van der Waals surface area contributed by atoms with Crippen molar-refractivity contribution in [3.05, 3.63) is 70.9 Å². The summed E-state index contributed by atoms with van der Waals surface area (Å²) in [6.45, 7) is 3.96. The molecular weight excluding hydrogens is 288 g/mol. The molecule has 1 atom stereocenters. The monoisotopic (exact) mass is 308 g/mol. The van der Waals surface area contributed by atoms with Crippen LogP contribution < -0.4 is 5.32 Å². The van der Waals surface area contributed by atoms with Crippen molar-refractivity contribution in [3.8, 4) is 0 Å². The zero-order valence-corrected chi connectivity index (χ0v) is 13.3. The Morgan fingerprint density at radius 2 is 1.91 bits per heavy atom. The van der Waals surface area contributed by atoms with Gasteiger partial charge in [-0.05, 0) is 42.7 Å². The fourth-order valence-electron chi connectivity index (χ4n) is 2.74. The molecule has 1 aromatic heterocycles. The first-order valence-electron chi connectivity index (χ1n) is 7.65. The Morgan fingerprint density at radius 1 is 1.17 bits per heavy atom. The van der Waals surface area contributed by atoms with Crippen molar-refractivity contribution in [1.29, 1.82) is 0 Å². The summed E-state index contributed by atoms with van der Waals surface area (Å²) in [4.78, 5) is 15.7. The van der Waals surface area contributed by atoms with Crippen molar-refractivity contribution in [2.24, 2.45) is 0 Å². The summed E-state index contributed by atoms with van der Waals surface area (Å²) in [5.41, 5.74) is 4.69. The van der Waals surface area contributed by atoms with E-state index in [1.54, 1.807) is 0 Å². The Morgan fingerprint density at radius 3 is 2.61 bits per heavy atom. The Bertz CT molecular complexity index is 837. The average Bonchev–Trinajstić information content (AvgIpc) is 3.02. The normalized spacial score (nSPS) is 12.3. The molecule has 2 aromatic carbocycles. The molecule has 0 aliphatic heterocycles. The molecule has 1 amide bonds. The van der Waals surface area contributed by atoms with Crippen molar-refractivity contribution >= 4 is 16.8 Å². The van der Waals surface area contributed by atoms with Gasteiger partial charge in [-0.25, -0.2) is 0 Å². The van der Waals surface area contributed by atoms with Crippen molar-refractivity contribution in [2.45, 2.75) is 19.9 Å². The second kappa shape index (κ2) is 6.26. The average molecular weight is 308 g/mol. The largest absolute Gasteiger partial charge is 0.394 e. The molecule has 23 heavy (non-hydrogen) atoms. The maximum absolute atomic E-state index is 12.5. The maximum Gasteiger partial charge on any atom is 0.268 e. The lowest BCUT2D eigenvalue weighted by Crippen LogP contribution is -2.30. The molecule has 0 bridgehead atoms. The van der Waals surface area contributed by atoms with Crippen molar-refractivity contribution in [3.63, 3.8) is 0 Å². The number of aromatic amines is 1. The highest BCUT2D eigenvalue weighted by atomic mass is 16.3. The van der Waals surface area contributed by atoms with Crippen LogP contribution in [0.4, 0.5) is 0 Å². The zero-order chi connectivity index (χ0) is 16.4. The van der Waals surface area contributed by atoms with Gasteiger partial charge in [-0.1, -0.05) is 36.4 Å². The third-order valence-corrected chi connectivity index (χ3v) is 4.28. The molecule has 0 aliphatic rings. The lowest BCUT2D eigenvalue weighted by atomic mass is 10.1. The van der Waals surface area contributed by atoms with Crippen molar-refractivity contribution in [1.82, 2.24) is 10.3 Å². The minimum absolute atomic E-state index is 0.145. The number of carbonyl (C=O) groups is 1. The number of H-pyrrole nitrogens is 1. The SMILES string of the molecule is Cc1ccc2[nH]c(C(=O)NC(CO)c3ccccc3)cc2c1C. The predicted molar refractivity (Wildman–Crippen MR) is 91.5 cm³/mol. The van der Waals surface area contributed by atoms with Crippen LogP contribution >= 0.6 is 0 Å². The molecule has 0 spiro atoms. The highest BCUT2D eigenvalue weighted by Crippen LogP contribution is 2.23. The number of aliphatic hydroxyl groups excluding tert-OH is 1. The molecule has 3 aromatic rings. The molecule has 0 aliphatic carbocycles. The number of nitrogens with one attached hydrogen (secondary N) is 2. The third kappa shape index (κ3) is 2.98. The summed E-state index contributed by atoms with van der Waals surface area (Å²) in [5.74, 6) is -0.221. The van der Waals surface area contributed by atoms with Crippen LogP contribution in [0, 0.1) is 13.8 Å². The Kier molecular flexibility index (Phi) is 4.17. The van der Waals surface area contributed by atoms with E-state index in [0.29, 0.717) is 5.69 Å². The molecule has 1 heterocycles. The Balaban J connectivity index is 1.87. The van der Waals surface area contributed by atoms with Gasteiger partial charge in [0, 0.05) is 10.9 Å². The van der Waals surface area contributed by atoms with Crippen LogP contribution in [0.2, 0.25) is 0 Å². The van der Waals surface area contributed by atoms with Crippen LogP contribution in [-0.2, 0) is 0 Å². The van der Waals surface area contributed by atoms with E-state index >= 15 is 0 Å². The number of hydrogen-bond acceptors (Lipinski definition) is 2. The number of fused-ring (bicyclic) bond motifs is 1.